The molecule has 0 aliphatic carbocycles. The third-order valence-corrected chi connectivity index (χ3v) is 4.78. The Bertz CT molecular complexity index is 690. The number of amides is 2. The Morgan fingerprint density at radius 1 is 1.40 bits per heavy atom. The van der Waals surface area contributed by atoms with Gasteiger partial charge in [-0.25, -0.2) is 4.79 Å². The van der Waals surface area contributed by atoms with Crippen LogP contribution in [-0.2, 0) is 25.7 Å². The first kappa shape index (κ1) is 19.3. The van der Waals surface area contributed by atoms with Crippen molar-refractivity contribution in [2.75, 3.05) is 12.4 Å². The highest BCUT2D eigenvalue weighted by molar-refractivity contribution is 8.04. The van der Waals surface area contributed by atoms with Gasteiger partial charge in [-0.05, 0) is 31.5 Å². The fraction of sp³-hybridized carbons (Fsp3) is 0.353. The zero-order valence-electron chi connectivity index (χ0n) is 14.0. The molecule has 1 heterocycles. The third-order valence-electron chi connectivity index (χ3n) is 3.52. The summed E-state index contributed by atoms with van der Waals surface area (Å²) in [5.41, 5.74) is 0.898. The molecule has 0 bridgehead atoms. The quantitative estimate of drug-likeness (QED) is 0.603. The standard InChI is InChI=1S/C17H19ClN2O4S/c1-3-24-16(22)8-15-20(14(21)10-25-15)11(2)17(23)19-9-12-4-6-13(18)7-5-12/h4-8,11H,3,9-10H2,1-2H3,(H,19,23)/b15-8-. The Morgan fingerprint density at radius 3 is 2.72 bits per heavy atom. The molecule has 1 aromatic rings. The number of halogens is 1. The maximum absolute atomic E-state index is 12.4. The van der Waals surface area contributed by atoms with Crippen molar-refractivity contribution in [2.24, 2.45) is 0 Å². The van der Waals surface area contributed by atoms with Gasteiger partial charge in [0.2, 0.25) is 11.8 Å². The lowest BCUT2D eigenvalue weighted by atomic mass is 10.2. The lowest BCUT2D eigenvalue weighted by molar-refractivity contribution is -0.137. The van der Waals surface area contributed by atoms with Crippen molar-refractivity contribution in [3.05, 3.63) is 46.0 Å². The SMILES string of the molecule is CCOC(=O)/C=C1\SCC(=O)N1C(C)C(=O)NCc1ccc(Cl)cc1. The summed E-state index contributed by atoms with van der Waals surface area (Å²) in [4.78, 5) is 37.4. The highest BCUT2D eigenvalue weighted by atomic mass is 35.5. The van der Waals surface area contributed by atoms with Crippen molar-refractivity contribution in [2.45, 2.75) is 26.4 Å². The summed E-state index contributed by atoms with van der Waals surface area (Å²) >= 11 is 7.05. The minimum Gasteiger partial charge on any atom is -0.463 e. The number of nitrogens with one attached hydrogen (secondary N) is 1. The second-order valence-corrected chi connectivity index (χ2v) is 6.74. The minimum atomic E-state index is -0.726. The molecule has 6 nitrogen and oxygen atoms in total. The molecule has 1 saturated heterocycles. The summed E-state index contributed by atoms with van der Waals surface area (Å²) in [6, 6.07) is 6.39. The van der Waals surface area contributed by atoms with E-state index in [1.165, 1.54) is 22.7 Å². The lowest BCUT2D eigenvalue weighted by Gasteiger charge is -2.24. The molecule has 1 atom stereocenters. The molecule has 2 rings (SSSR count). The number of nitrogens with zero attached hydrogens (tertiary/aromatic N) is 1. The van der Waals surface area contributed by atoms with Crippen molar-refractivity contribution < 1.29 is 19.1 Å². The molecule has 8 heteroatoms. The Kier molecular flexibility index (Phi) is 6.90. The van der Waals surface area contributed by atoms with Crippen molar-refractivity contribution in [1.82, 2.24) is 10.2 Å². The summed E-state index contributed by atoms with van der Waals surface area (Å²) in [5.74, 6) is -0.853. The number of carbonyl (C=O) groups is 3. The number of hydrogen-bond donors (Lipinski definition) is 1. The van der Waals surface area contributed by atoms with Crippen LogP contribution in [0.3, 0.4) is 0 Å². The van der Waals surface area contributed by atoms with Gasteiger partial charge in [-0.2, -0.15) is 0 Å². The van der Waals surface area contributed by atoms with Gasteiger partial charge < -0.3 is 10.1 Å². The fourth-order valence-corrected chi connectivity index (χ4v) is 3.37. The maximum Gasteiger partial charge on any atom is 0.333 e. The molecule has 0 aromatic heterocycles. The normalized spacial score (nSPS) is 16.8. The van der Waals surface area contributed by atoms with E-state index in [1.54, 1.807) is 26.0 Å². The van der Waals surface area contributed by atoms with Gasteiger partial charge in [0.15, 0.2) is 0 Å². The minimum absolute atomic E-state index is 0.194. The smallest absolute Gasteiger partial charge is 0.333 e. The second-order valence-electron chi connectivity index (χ2n) is 5.31. The van der Waals surface area contributed by atoms with Crippen LogP contribution in [0.1, 0.15) is 19.4 Å². The van der Waals surface area contributed by atoms with Crippen LogP contribution in [-0.4, -0.2) is 41.1 Å². The van der Waals surface area contributed by atoms with E-state index >= 15 is 0 Å². The number of hydrogen-bond acceptors (Lipinski definition) is 5. The van der Waals surface area contributed by atoms with E-state index in [4.69, 9.17) is 16.3 Å². The lowest BCUT2D eigenvalue weighted by Crippen LogP contribution is -2.45. The molecule has 1 aliphatic heterocycles. The van der Waals surface area contributed by atoms with Gasteiger partial charge in [-0.1, -0.05) is 35.5 Å². The summed E-state index contributed by atoms with van der Waals surface area (Å²) in [6.07, 6.45) is 1.25. The molecule has 1 aromatic carbocycles. The largest absolute Gasteiger partial charge is 0.463 e. The topological polar surface area (TPSA) is 75.7 Å². The Hall–Kier alpha value is -1.99. The number of carbonyl (C=O) groups excluding carboxylic acids is 3. The predicted molar refractivity (Wildman–Crippen MR) is 96.8 cm³/mol. The molecular weight excluding hydrogens is 364 g/mol. The Labute approximate surface area is 155 Å². The first-order valence-electron chi connectivity index (χ1n) is 7.77. The van der Waals surface area contributed by atoms with E-state index in [1.807, 2.05) is 12.1 Å². The number of benzene rings is 1. The van der Waals surface area contributed by atoms with Crippen LogP contribution in [0.15, 0.2) is 35.4 Å². The van der Waals surface area contributed by atoms with E-state index in [0.717, 1.165) is 5.56 Å². The van der Waals surface area contributed by atoms with Crippen molar-refractivity contribution in [3.8, 4) is 0 Å². The van der Waals surface area contributed by atoms with Crippen LogP contribution in [0.4, 0.5) is 0 Å². The number of rotatable bonds is 6. The molecule has 0 radical (unpaired) electrons. The third kappa shape index (κ3) is 5.24. The Balaban J connectivity index is 2.01. The van der Waals surface area contributed by atoms with Gasteiger partial charge in [-0.15, -0.1) is 0 Å². The van der Waals surface area contributed by atoms with Crippen molar-refractivity contribution >= 4 is 41.1 Å². The van der Waals surface area contributed by atoms with Crippen LogP contribution >= 0.6 is 23.4 Å². The van der Waals surface area contributed by atoms with Crippen LogP contribution in [0.25, 0.3) is 0 Å². The molecule has 1 N–H and O–H groups in total. The summed E-state index contributed by atoms with van der Waals surface area (Å²) < 4.78 is 4.86. The molecule has 0 saturated carbocycles. The van der Waals surface area contributed by atoms with E-state index in [-0.39, 0.29) is 24.2 Å². The molecular formula is C17H19ClN2O4S. The highest BCUT2D eigenvalue weighted by Gasteiger charge is 2.34. The zero-order chi connectivity index (χ0) is 18.4. The monoisotopic (exact) mass is 382 g/mol. The Morgan fingerprint density at radius 2 is 2.08 bits per heavy atom. The van der Waals surface area contributed by atoms with Crippen molar-refractivity contribution in [3.63, 3.8) is 0 Å². The van der Waals surface area contributed by atoms with E-state index in [9.17, 15) is 14.4 Å². The van der Waals surface area contributed by atoms with Crippen LogP contribution in [0, 0.1) is 0 Å². The molecule has 1 fully saturated rings. The van der Waals surface area contributed by atoms with Gasteiger partial charge in [-0.3, -0.25) is 14.5 Å². The first-order valence-corrected chi connectivity index (χ1v) is 9.14. The van der Waals surface area contributed by atoms with Gasteiger partial charge in [0.05, 0.1) is 23.5 Å². The van der Waals surface area contributed by atoms with E-state index in [2.05, 4.69) is 5.32 Å². The van der Waals surface area contributed by atoms with Crippen LogP contribution < -0.4 is 5.32 Å². The van der Waals surface area contributed by atoms with Crippen LogP contribution in [0.5, 0.6) is 0 Å². The molecule has 0 spiro atoms. The fourth-order valence-electron chi connectivity index (χ4n) is 2.26. The van der Waals surface area contributed by atoms with Gasteiger partial charge in [0, 0.05) is 11.6 Å². The average molecular weight is 383 g/mol. The number of esters is 1. The summed E-state index contributed by atoms with van der Waals surface area (Å²) in [5, 5.41) is 3.84. The zero-order valence-corrected chi connectivity index (χ0v) is 15.5. The second kappa shape index (κ2) is 8.92. The van der Waals surface area contributed by atoms with Crippen LogP contribution in [0.2, 0.25) is 5.02 Å². The predicted octanol–water partition coefficient (Wildman–Crippen LogP) is 2.32. The van der Waals surface area contributed by atoms with E-state index < -0.39 is 12.0 Å². The molecule has 1 unspecified atom stereocenters. The summed E-state index contributed by atoms with van der Waals surface area (Å²) in [6.45, 7) is 3.90. The maximum atomic E-state index is 12.4. The molecule has 2 amide bonds. The highest BCUT2D eigenvalue weighted by Crippen LogP contribution is 2.30. The average Bonchev–Trinajstić information content (AvgIpc) is 2.94. The number of thioether (sulfide) groups is 1. The number of ether oxygens (including phenoxy) is 1. The van der Waals surface area contributed by atoms with Crippen molar-refractivity contribution in [1.29, 1.82) is 0 Å². The first-order chi connectivity index (χ1) is 11.9. The summed E-state index contributed by atoms with van der Waals surface area (Å²) in [7, 11) is 0. The molecule has 134 valence electrons. The molecule has 25 heavy (non-hydrogen) atoms. The molecule has 1 aliphatic rings. The van der Waals surface area contributed by atoms with E-state index in [0.29, 0.717) is 16.6 Å². The van der Waals surface area contributed by atoms with Gasteiger partial charge in [0.25, 0.3) is 0 Å². The van der Waals surface area contributed by atoms with Gasteiger partial charge >= 0.3 is 5.97 Å². The van der Waals surface area contributed by atoms with Gasteiger partial charge in [0.1, 0.15) is 6.04 Å².